The van der Waals surface area contributed by atoms with E-state index >= 15 is 0 Å². The molecule has 3 amide bonds. The normalized spacial score (nSPS) is 13.6. The van der Waals surface area contributed by atoms with E-state index in [1.165, 1.54) is 0 Å². The second kappa shape index (κ2) is 8.72. The average molecular weight is 363 g/mol. The third-order valence-corrected chi connectivity index (χ3v) is 4.43. The van der Waals surface area contributed by atoms with Gasteiger partial charge >= 0.3 is 6.03 Å². The second-order valence-corrected chi connectivity index (χ2v) is 6.20. The number of rotatable bonds is 4. The Hall–Kier alpha value is -3.53. The van der Waals surface area contributed by atoms with Gasteiger partial charge in [0.15, 0.2) is 0 Å². The Morgan fingerprint density at radius 2 is 1.63 bits per heavy atom. The zero-order valence-corrected chi connectivity index (χ0v) is 14.9. The van der Waals surface area contributed by atoms with Crippen molar-refractivity contribution in [1.29, 1.82) is 5.26 Å². The van der Waals surface area contributed by atoms with Crippen LogP contribution in [0.1, 0.15) is 5.56 Å². The number of hydrogen-bond acceptors (Lipinski definition) is 4. The lowest BCUT2D eigenvalue weighted by atomic mass is 10.2. The topological polar surface area (TPSA) is 88.5 Å². The molecule has 1 heterocycles. The number of benzene rings is 2. The Morgan fingerprint density at radius 1 is 0.963 bits per heavy atom. The molecule has 2 N–H and O–H groups in total. The average Bonchev–Trinajstić information content (AvgIpc) is 2.73. The first-order chi connectivity index (χ1) is 13.2. The lowest BCUT2D eigenvalue weighted by molar-refractivity contribution is -0.130. The first-order valence-corrected chi connectivity index (χ1v) is 8.78. The highest BCUT2D eigenvalue weighted by Gasteiger charge is 2.21. The van der Waals surface area contributed by atoms with E-state index in [4.69, 9.17) is 5.26 Å². The third kappa shape index (κ3) is 4.98. The van der Waals surface area contributed by atoms with Gasteiger partial charge in [0.05, 0.1) is 18.2 Å². The molecule has 1 aliphatic heterocycles. The second-order valence-electron chi connectivity index (χ2n) is 6.20. The molecule has 27 heavy (non-hydrogen) atoms. The number of nitrogens with one attached hydrogen (secondary N) is 2. The molecule has 7 nitrogen and oxygen atoms in total. The minimum Gasteiger partial charge on any atom is -0.368 e. The molecule has 0 aliphatic carbocycles. The Morgan fingerprint density at radius 3 is 2.26 bits per heavy atom. The van der Waals surface area contributed by atoms with Crippen molar-refractivity contribution in [2.45, 2.75) is 0 Å². The van der Waals surface area contributed by atoms with Crippen LogP contribution in [-0.4, -0.2) is 49.6 Å². The van der Waals surface area contributed by atoms with E-state index in [0.717, 1.165) is 18.8 Å². The number of carbonyl (C=O) groups is 2. The molecule has 0 saturated carbocycles. The highest BCUT2D eigenvalue weighted by Crippen LogP contribution is 2.15. The Balaban J connectivity index is 1.41. The number of nitriles is 1. The molecule has 3 rings (SSSR count). The van der Waals surface area contributed by atoms with Crippen LogP contribution in [0.4, 0.5) is 16.2 Å². The fourth-order valence-electron chi connectivity index (χ4n) is 2.92. The molecule has 0 unspecified atom stereocenters. The summed E-state index contributed by atoms with van der Waals surface area (Å²) in [4.78, 5) is 28.2. The molecule has 1 fully saturated rings. The van der Waals surface area contributed by atoms with Crippen LogP contribution in [0.2, 0.25) is 0 Å². The van der Waals surface area contributed by atoms with Gasteiger partial charge < -0.3 is 20.4 Å². The number of urea groups is 1. The van der Waals surface area contributed by atoms with Crippen molar-refractivity contribution < 1.29 is 9.59 Å². The smallest absolute Gasteiger partial charge is 0.319 e. The van der Waals surface area contributed by atoms with Gasteiger partial charge in [-0.1, -0.05) is 18.2 Å². The Kier molecular flexibility index (Phi) is 5.90. The monoisotopic (exact) mass is 363 g/mol. The number of piperazine rings is 1. The molecule has 0 radical (unpaired) electrons. The van der Waals surface area contributed by atoms with Gasteiger partial charge in [0, 0.05) is 37.6 Å². The number of hydrogen-bond donors (Lipinski definition) is 2. The minimum absolute atomic E-state index is 0.0482. The summed E-state index contributed by atoms with van der Waals surface area (Å²) in [7, 11) is 0. The van der Waals surface area contributed by atoms with E-state index in [-0.39, 0.29) is 12.5 Å². The number of amides is 3. The number of carbonyl (C=O) groups excluding carboxylic acids is 2. The van der Waals surface area contributed by atoms with Crippen LogP contribution in [-0.2, 0) is 4.79 Å². The van der Waals surface area contributed by atoms with Crippen LogP contribution in [0.5, 0.6) is 0 Å². The lowest BCUT2D eigenvalue weighted by Crippen LogP contribution is -2.51. The molecule has 0 bridgehead atoms. The summed E-state index contributed by atoms with van der Waals surface area (Å²) in [6.45, 7) is 2.76. The standard InChI is InChI=1S/C20H21N5O2/c21-14-16-6-8-17(9-7-16)23-20(27)22-15-19(26)25-12-10-24(11-13-25)18-4-2-1-3-5-18/h1-9H,10-13,15H2,(H2,22,23,27). The van der Waals surface area contributed by atoms with Crippen molar-refractivity contribution in [3.05, 3.63) is 60.2 Å². The highest BCUT2D eigenvalue weighted by molar-refractivity contribution is 5.92. The van der Waals surface area contributed by atoms with Crippen molar-refractivity contribution in [2.75, 3.05) is 42.9 Å². The van der Waals surface area contributed by atoms with Gasteiger partial charge in [0.2, 0.25) is 5.91 Å². The summed E-state index contributed by atoms with van der Waals surface area (Å²) in [6.07, 6.45) is 0. The quantitative estimate of drug-likeness (QED) is 0.870. The fraction of sp³-hybridized carbons (Fsp3) is 0.250. The van der Waals surface area contributed by atoms with Gasteiger partial charge in [-0.05, 0) is 36.4 Å². The SMILES string of the molecule is N#Cc1ccc(NC(=O)NCC(=O)N2CCN(c3ccccc3)CC2)cc1. The molecule has 0 aromatic heterocycles. The zero-order chi connectivity index (χ0) is 19.1. The summed E-state index contributed by atoms with van der Waals surface area (Å²) in [6, 6.07) is 18.2. The lowest BCUT2D eigenvalue weighted by Gasteiger charge is -2.36. The van der Waals surface area contributed by atoms with Crippen LogP contribution in [0.3, 0.4) is 0 Å². The highest BCUT2D eigenvalue weighted by atomic mass is 16.2. The van der Waals surface area contributed by atoms with E-state index in [1.807, 2.05) is 24.3 Å². The summed E-state index contributed by atoms with van der Waals surface area (Å²) in [5.74, 6) is -0.0994. The molecule has 0 atom stereocenters. The predicted molar refractivity (Wildman–Crippen MR) is 103 cm³/mol. The van der Waals surface area contributed by atoms with E-state index < -0.39 is 6.03 Å². The molecule has 1 aliphatic rings. The molecule has 0 spiro atoms. The molecule has 2 aromatic rings. The maximum atomic E-state index is 12.3. The van der Waals surface area contributed by atoms with Crippen molar-refractivity contribution in [1.82, 2.24) is 10.2 Å². The van der Waals surface area contributed by atoms with Crippen LogP contribution in [0.25, 0.3) is 0 Å². The first kappa shape index (κ1) is 18.3. The van der Waals surface area contributed by atoms with Crippen molar-refractivity contribution in [3.8, 4) is 6.07 Å². The van der Waals surface area contributed by atoms with E-state index in [0.29, 0.717) is 24.3 Å². The summed E-state index contributed by atoms with van der Waals surface area (Å²) >= 11 is 0. The van der Waals surface area contributed by atoms with E-state index in [1.54, 1.807) is 29.2 Å². The van der Waals surface area contributed by atoms with Crippen molar-refractivity contribution in [3.63, 3.8) is 0 Å². The van der Waals surface area contributed by atoms with Crippen LogP contribution < -0.4 is 15.5 Å². The zero-order valence-electron chi connectivity index (χ0n) is 14.9. The molecule has 2 aromatic carbocycles. The maximum Gasteiger partial charge on any atom is 0.319 e. The van der Waals surface area contributed by atoms with Gasteiger partial charge in [-0.2, -0.15) is 5.26 Å². The number of anilines is 2. The molecule has 7 heteroatoms. The van der Waals surface area contributed by atoms with Crippen molar-refractivity contribution in [2.24, 2.45) is 0 Å². The summed E-state index contributed by atoms with van der Waals surface area (Å²) < 4.78 is 0. The number of para-hydroxylation sites is 1. The van der Waals surface area contributed by atoms with Crippen LogP contribution in [0, 0.1) is 11.3 Å². The van der Waals surface area contributed by atoms with Crippen LogP contribution in [0.15, 0.2) is 54.6 Å². The molecular weight excluding hydrogens is 342 g/mol. The predicted octanol–water partition coefficient (Wildman–Crippen LogP) is 2.03. The fourth-order valence-corrected chi connectivity index (χ4v) is 2.92. The maximum absolute atomic E-state index is 12.3. The summed E-state index contributed by atoms with van der Waals surface area (Å²) in [5, 5.41) is 14.0. The largest absolute Gasteiger partial charge is 0.368 e. The minimum atomic E-state index is -0.448. The Labute approximate surface area is 158 Å². The van der Waals surface area contributed by atoms with Gasteiger partial charge in [0.25, 0.3) is 0 Å². The summed E-state index contributed by atoms with van der Waals surface area (Å²) in [5.41, 5.74) is 2.24. The first-order valence-electron chi connectivity index (χ1n) is 8.78. The molecule has 1 saturated heterocycles. The number of nitrogens with zero attached hydrogens (tertiary/aromatic N) is 3. The van der Waals surface area contributed by atoms with E-state index in [2.05, 4.69) is 27.7 Å². The van der Waals surface area contributed by atoms with Crippen LogP contribution >= 0.6 is 0 Å². The van der Waals surface area contributed by atoms with Gasteiger partial charge in [-0.25, -0.2) is 4.79 Å². The van der Waals surface area contributed by atoms with Gasteiger partial charge in [-0.3, -0.25) is 4.79 Å². The van der Waals surface area contributed by atoms with E-state index in [9.17, 15) is 9.59 Å². The van der Waals surface area contributed by atoms with Crippen molar-refractivity contribution >= 4 is 23.3 Å². The van der Waals surface area contributed by atoms with Gasteiger partial charge in [-0.15, -0.1) is 0 Å². The third-order valence-electron chi connectivity index (χ3n) is 4.43. The Bertz CT molecular complexity index is 822. The molecular formula is C20H21N5O2. The van der Waals surface area contributed by atoms with Gasteiger partial charge in [0.1, 0.15) is 0 Å². The molecule has 138 valence electrons.